The third-order valence-electron chi connectivity index (χ3n) is 5.38. The second-order valence-electron chi connectivity index (χ2n) is 7.66. The van der Waals surface area contributed by atoms with Gasteiger partial charge in [0.1, 0.15) is 11.6 Å². The molecule has 5 rings (SSSR count). The van der Waals surface area contributed by atoms with Crippen LogP contribution in [0.1, 0.15) is 0 Å². The van der Waals surface area contributed by atoms with Crippen molar-refractivity contribution in [2.24, 2.45) is 0 Å². The molecule has 2 heterocycles. The molecule has 7 nitrogen and oxygen atoms in total. The normalized spacial score (nSPS) is 10.9. The second-order valence-corrected chi connectivity index (χ2v) is 8.09. The van der Waals surface area contributed by atoms with E-state index < -0.39 is 0 Å². The third kappa shape index (κ3) is 4.29. The highest BCUT2D eigenvalue weighted by Gasteiger charge is 2.11. The van der Waals surface area contributed by atoms with Gasteiger partial charge in [-0.2, -0.15) is 4.98 Å². The quantitative estimate of drug-likeness (QED) is 0.293. The van der Waals surface area contributed by atoms with E-state index in [1.807, 2.05) is 78.9 Å². The van der Waals surface area contributed by atoms with Gasteiger partial charge in [0, 0.05) is 39.0 Å². The van der Waals surface area contributed by atoms with Crippen LogP contribution < -0.4 is 21.5 Å². The van der Waals surface area contributed by atoms with E-state index in [2.05, 4.69) is 15.3 Å². The second kappa shape index (κ2) is 8.88. The zero-order valence-electron chi connectivity index (χ0n) is 18.3. The molecular formula is C26H21ClN6O. The summed E-state index contributed by atoms with van der Waals surface area (Å²) in [5.41, 5.74) is 17.8. The first-order valence-electron chi connectivity index (χ1n) is 10.5. The number of halogens is 1. The van der Waals surface area contributed by atoms with E-state index in [1.54, 1.807) is 7.11 Å². The average molecular weight is 469 g/mol. The number of methoxy groups -OCH3 is 1. The number of nitrogens with zero attached hydrogens (tertiary/aromatic N) is 3. The Hall–Kier alpha value is -4.36. The number of hydrogen-bond acceptors (Lipinski definition) is 7. The lowest BCUT2D eigenvalue weighted by Gasteiger charge is -2.12. The van der Waals surface area contributed by atoms with Crippen molar-refractivity contribution < 1.29 is 4.74 Å². The number of rotatable bonds is 5. The molecule has 34 heavy (non-hydrogen) atoms. The van der Waals surface area contributed by atoms with Crippen molar-refractivity contribution >= 4 is 45.6 Å². The van der Waals surface area contributed by atoms with Crippen molar-refractivity contribution in [2.75, 3.05) is 23.9 Å². The summed E-state index contributed by atoms with van der Waals surface area (Å²) in [7, 11) is 1.62. The van der Waals surface area contributed by atoms with E-state index in [-0.39, 0.29) is 5.95 Å². The maximum Gasteiger partial charge on any atom is 0.222 e. The fourth-order valence-electron chi connectivity index (χ4n) is 3.77. The SMILES string of the molecule is COc1ccccc1-c1cc(Nc2ccc3nc(-c4ccc(Cl)cc4)cc(N)c3c2)nc(N)n1. The molecule has 5 N–H and O–H groups in total. The minimum absolute atomic E-state index is 0.153. The van der Waals surface area contributed by atoms with Crippen LogP contribution in [0.5, 0.6) is 5.75 Å². The van der Waals surface area contributed by atoms with Gasteiger partial charge in [0.15, 0.2) is 0 Å². The number of ether oxygens (including phenoxy) is 1. The number of hydrogen-bond donors (Lipinski definition) is 3. The molecule has 0 atom stereocenters. The van der Waals surface area contributed by atoms with Crippen LogP contribution in [0.4, 0.5) is 23.1 Å². The maximum absolute atomic E-state index is 6.39. The van der Waals surface area contributed by atoms with Crippen LogP contribution in [-0.4, -0.2) is 22.1 Å². The van der Waals surface area contributed by atoms with Crippen molar-refractivity contribution in [1.29, 1.82) is 0 Å². The van der Waals surface area contributed by atoms with Crippen LogP contribution >= 0.6 is 11.6 Å². The lowest BCUT2D eigenvalue weighted by Crippen LogP contribution is -2.02. The average Bonchev–Trinajstić information content (AvgIpc) is 2.84. The number of para-hydroxylation sites is 1. The van der Waals surface area contributed by atoms with E-state index in [0.717, 1.165) is 33.4 Å². The summed E-state index contributed by atoms with van der Waals surface area (Å²) in [5.74, 6) is 1.41. The van der Waals surface area contributed by atoms with Gasteiger partial charge in [-0.15, -0.1) is 0 Å². The van der Waals surface area contributed by atoms with Crippen molar-refractivity contribution in [2.45, 2.75) is 0 Å². The van der Waals surface area contributed by atoms with Gasteiger partial charge >= 0.3 is 0 Å². The van der Waals surface area contributed by atoms with Gasteiger partial charge in [-0.3, -0.25) is 0 Å². The molecule has 8 heteroatoms. The molecule has 0 aliphatic rings. The van der Waals surface area contributed by atoms with E-state index in [4.69, 9.17) is 32.8 Å². The van der Waals surface area contributed by atoms with Crippen molar-refractivity contribution in [3.63, 3.8) is 0 Å². The number of benzene rings is 3. The minimum atomic E-state index is 0.153. The van der Waals surface area contributed by atoms with Crippen LogP contribution in [0.15, 0.2) is 78.9 Å². The predicted octanol–water partition coefficient (Wildman–Crippen LogP) is 5.93. The number of nitrogens with two attached hydrogens (primary N) is 2. The summed E-state index contributed by atoms with van der Waals surface area (Å²) >= 11 is 6.00. The molecule has 0 unspecified atom stereocenters. The summed E-state index contributed by atoms with van der Waals surface area (Å²) in [5, 5.41) is 4.80. The highest BCUT2D eigenvalue weighted by Crippen LogP contribution is 2.32. The van der Waals surface area contributed by atoms with Gasteiger partial charge in [0.25, 0.3) is 0 Å². The van der Waals surface area contributed by atoms with Crippen molar-refractivity contribution in [1.82, 2.24) is 15.0 Å². The van der Waals surface area contributed by atoms with E-state index >= 15 is 0 Å². The van der Waals surface area contributed by atoms with E-state index in [1.165, 1.54) is 0 Å². The number of nitrogen functional groups attached to an aromatic ring is 2. The van der Waals surface area contributed by atoms with Crippen molar-refractivity contribution in [3.05, 3.63) is 83.9 Å². The standard InChI is InChI=1S/C26H21ClN6O/c1-34-24-5-3-2-4-18(24)23-14-25(33-26(29)32-23)30-17-10-11-21-19(12-17)20(28)13-22(31-21)15-6-8-16(27)9-7-15/h2-14H,1H3,(H2,28,31)(H3,29,30,32,33). The summed E-state index contributed by atoms with van der Waals surface area (Å²) in [4.78, 5) is 13.5. The Morgan fingerprint density at radius 2 is 1.62 bits per heavy atom. The molecule has 5 aromatic rings. The zero-order valence-corrected chi connectivity index (χ0v) is 19.0. The number of anilines is 4. The van der Waals surface area contributed by atoms with Crippen LogP contribution in [0.25, 0.3) is 33.4 Å². The molecule has 0 saturated heterocycles. The minimum Gasteiger partial charge on any atom is -0.496 e. The Balaban J connectivity index is 1.48. The molecule has 3 aromatic carbocycles. The fourth-order valence-corrected chi connectivity index (χ4v) is 3.90. The number of aromatic nitrogens is 3. The van der Waals surface area contributed by atoms with Crippen LogP contribution in [0, 0.1) is 0 Å². The first kappa shape index (κ1) is 21.5. The Morgan fingerprint density at radius 1 is 0.824 bits per heavy atom. The molecule has 0 aliphatic heterocycles. The highest BCUT2D eigenvalue weighted by atomic mass is 35.5. The first-order chi connectivity index (χ1) is 16.5. The summed E-state index contributed by atoms with van der Waals surface area (Å²) < 4.78 is 5.46. The zero-order chi connectivity index (χ0) is 23.7. The molecule has 2 aromatic heterocycles. The smallest absolute Gasteiger partial charge is 0.222 e. The molecule has 0 amide bonds. The summed E-state index contributed by atoms with van der Waals surface area (Å²) in [6, 6.07) is 24.6. The summed E-state index contributed by atoms with van der Waals surface area (Å²) in [6.45, 7) is 0. The Kier molecular flexibility index (Phi) is 5.61. The van der Waals surface area contributed by atoms with Gasteiger partial charge in [0.2, 0.25) is 5.95 Å². The first-order valence-corrected chi connectivity index (χ1v) is 10.9. The molecule has 0 fully saturated rings. The maximum atomic E-state index is 6.39. The topological polar surface area (TPSA) is 112 Å². The van der Waals surface area contributed by atoms with Gasteiger partial charge in [-0.1, -0.05) is 35.9 Å². The number of pyridine rings is 1. The van der Waals surface area contributed by atoms with Gasteiger partial charge in [-0.25, -0.2) is 9.97 Å². The van der Waals surface area contributed by atoms with Gasteiger partial charge < -0.3 is 21.5 Å². The largest absolute Gasteiger partial charge is 0.496 e. The number of nitrogens with one attached hydrogen (secondary N) is 1. The molecule has 0 bridgehead atoms. The van der Waals surface area contributed by atoms with Gasteiger partial charge in [-0.05, 0) is 48.5 Å². The fraction of sp³-hybridized carbons (Fsp3) is 0.0385. The predicted molar refractivity (Wildman–Crippen MR) is 138 cm³/mol. The molecule has 168 valence electrons. The lowest BCUT2D eigenvalue weighted by atomic mass is 10.1. The Labute approximate surface area is 201 Å². The summed E-state index contributed by atoms with van der Waals surface area (Å²) in [6.07, 6.45) is 0. The highest BCUT2D eigenvalue weighted by molar-refractivity contribution is 6.30. The van der Waals surface area contributed by atoms with Crippen LogP contribution in [0.3, 0.4) is 0 Å². The molecular weight excluding hydrogens is 448 g/mol. The Morgan fingerprint density at radius 3 is 2.41 bits per heavy atom. The molecule has 0 saturated carbocycles. The van der Waals surface area contributed by atoms with Crippen LogP contribution in [-0.2, 0) is 0 Å². The third-order valence-corrected chi connectivity index (χ3v) is 5.63. The van der Waals surface area contributed by atoms with Crippen LogP contribution in [0.2, 0.25) is 5.02 Å². The molecule has 0 aliphatic carbocycles. The Bertz CT molecular complexity index is 1500. The van der Waals surface area contributed by atoms with Crippen molar-refractivity contribution in [3.8, 4) is 28.3 Å². The molecule has 0 spiro atoms. The van der Waals surface area contributed by atoms with Gasteiger partial charge in [0.05, 0.1) is 24.0 Å². The molecule has 0 radical (unpaired) electrons. The monoisotopic (exact) mass is 468 g/mol. The lowest BCUT2D eigenvalue weighted by molar-refractivity contribution is 0.416. The van der Waals surface area contributed by atoms with E-state index in [0.29, 0.717) is 28.0 Å². The van der Waals surface area contributed by atoms with E-state index in [9.17, 15) is 0 Å². The number of fused-ring (bicyclic) bond motifs is 1.